The SMILES string of the molecule is CCCCOC(=O)c1ccc(N2C(=O)C(Cl)=C(Nc3ccc(C(=O)Oc4ccc(C(C)=O)cc4)cc3)C2=O)cc1. The molecular weight excluding hydrogens is 536 g/mol. The number of esters is 2. The van der Waals surface area contributed by atoms with E-state index in [1.807, 2.05) is 6.92 Å². The highest BCUT2D eigenvalue weighted by molar-refractivity contribution is 6.53. The Labute approximate surface area is 235 Å². The molecule has 0 aromatic heterocycles. The molecule has 1 N–H and O–H groups in total. The highest BCUT2D eigenvalue weighted by Gasteiger charge is 2.39. The molecule has 0 unspecified atom stereocenters. The van der Waals surface area contributed by atoms with Crippen molar-refractivity contribution >= 4 is 52.5 Å². The lowest BCUT2D eigenvalue weighted by molar-refractivity contribution is -0.120. The monoisotopic (exact) mass is 560 g/mol. The Morgan fingerprint density at radius 2 is 1.38 bits per heavy atom. The Bertz CT molecular complexity index is 1490. The Morgan fingerprint density at radius 3 is 1.98 bits per heavy atom. The Balaban J connectivity index is 1.40. The van der Waals surface area contributed by atoms with Crippen molar-refractivity contribution in [2.24, 2.45) is 0 Å². The quantitative estimate of drug-likeness (QED) is 0.113. The van der Waals surface area contributed by atoms with E-state index in [0.29, 0.717) is 23.4 Å². The smallest absolute Gasteiger partial charge is 0.343 e. The van der Waals surface area contributed by atoms with Crippen LogP contribution in [0.5, 0.6) is 5.75 Å². The summed E-state index contributed by atoms with van der Waals surface area (Å²) < 4.78 is 10.5. The summed E-state index contributed by atoms with van der Waals surface area (Å²) in [7, 11) is 0. The van der Waals surface area contributed by atoms with E-state index in [2.05, 4.69) is 5.32 Å². The maximum atomic E-state index is 13.1. The van der Waals surface area contributed by atoms with Gasteiger partial charge in [0.1, 0.15) is 16.5 Å². The summed E-state index contributed by atoms with van der Waals surface area (Å²) in [6.45, 7) is 3.74. The van der Waals surface area contributed by atoms with Gasteiger partial charge in [-0.1, -0.05) is 24.9 Å². The minimum atomic E-state index is -0.719. The number of rotatable bonds is 10. The number of hydrogen-bond acceptors (Lipinski definition) is 8. The van der Waals surface area contributed by atoms with Gasteiger partial charge in [0.15, 0.2) is 5.78 Å². The number of ether oxygens (including phenoxy) is 2. The van der Waals surface area contributed by atoms with Crippen molar-refractivity contribution in [3.8, 4) is 5.75 Å². The van der Waals surface area contributed by atoms with Crippen molar-refractivity contribution in [3.05, 3.63) is 100 Å². The van der Waals surface area contributed by atoms with Gasteiger partial charge in [-0.3, -0.25) is 14.4 Å². The number of halogens is 1. The maximum Gasteiger partial charge on any atom is 0.343 e. The van der Waals surface area contributed by atoms with Gasteiger partial charge in [-0.2, -0.15) is 0 Å². The Morgan fingerprint density at radius 1 is 0.800 bits per heavy atom. The summed E-state index contributed by atoms with van der Waals surface area (Å²) in [4.78, 5) is 62.8. The number of hydrogen-bond donors (Lipinski definition) is 1. The molecule has 10 heteroatoms. The second-order valence-electron chi connectivity index (χ2n) is 8.84. The van der Waals surface area contributed by atoms with Crippen LogP contribution < -0.4 is 15.0 Å². The van der Waals surface area contributed by atoms with E-state index in [1.165, 1.54) is 67.6 Å². The van der Waals surface area contributed by atoms with Crippen molar-refractivity contribution in [1.29, 1.82) is 0 Å². The van der Waals surface area contributed by atoms with E-state index in [0.717, 1.165) is 17.7 Å². The average molecular weight is 561 g/mol. The van der Waals surface area contributed by atoms with Gasteiger partial charge < -0.3 is 14.8 Å². The molecule has 4 rings (SSSR count). The minimum Gasteiger partial charge on any atom is -0.462 e. The van der Waals surface area contributed by atoms with Crippen LogP contribution in [-0.2, 0) is 14.3 Å². The largest absolute Gasteiger partial charge is 0.462 e. The van der Waals surface area contributed by atoms with Crippen molar-refractivity contribution in [2.75, 3.05) is 16.8 Å². The van der Waals surface area contributed by atoms with Crippen molar-refractivity contribution in [2.45, 2.75) is 26.7 Å². The maximum absolute atomic E-state index is 13.1. The zero-order chi connectivity index (χ0) is 28.8. The average Bonchev–Trinajstić information content (AvgIpc) is 3.16. The van der Waals surface area contributed by atoms with E-state index in [-0.39, 0.29) is 33.5 Å². The van der Waals surface area contributed by atoms with Crippen LogP contribution >= 0.6 is 11.6 Å². The molecule has 0 aliphatic carbocycles. The third kappa shape index (κ3) is 6.27. The molecule has 9 nitrogen and oxygen atoms in total. The molecule has 3 aromatic rings. The van der Waals surface area contributed by atoms with Crippen LogP contribution in [0.15, 0.2) is 83.5 Å². The van der Waals surface area contributed by atoms with Gasteiger partial charge >= 0.3 is 11.9 Å². The first kappa shape index (κ1) is 28.3. The number of nitrogens with one attached hydrogen (secondary N) is 1. The Kier molecular flexibility index (Phi) is 8.76. The second kappa shape index (κ2) is 12.4. The molecule has 0 bridgehead atoms. The molecule has 1 aliphatic rings. The lowest BCUT2D eigenvalue weighted by Gasteiger charge is -2.15. The normalized spacial score (nSPS) is 12.9. The van der Waals surface area contributed by atoms with Crippen molar-refractivity contribution in [3.63, 3.8) is 0 Å². The van der Waals surface area contributed by atoms with Gasteiger partial charge in [-0.25, -0.2) is 14.5 Å². The number of amides is 2. The molecule has 1 heterocycles. The first-order chi connectivity index (χ1) is 19.2. The fraction of sp³-hybridized carbons (Fsp3) is 0.167. The van der Waals surface area contributed by atoms with Crippen molar-refractivity contribution in [1.82, 2.24) is 0 Å². The van der Waals surface area contributed by atoms with Crippen LogP contribution in [0.3, 0.4) is 0 Å². The van der Waals surface area contributed by atoms with Crippen LogP contribution in [0, 0.1) is 0 Å². The fourth-order valence-corrected chi connectivity index (χ4v) is 3.96. The summed E-state index contributed by atoms with van der Waals surface area (Å²) in [5.41, 5.74) is 1.55. The van der Waals surface area contributed by atoms with Gasteiger partial charge in [0.2, 0.25) is 0 Å². The topological polar surface area (TPSA) is 119 Å². The lowest BCUT2D eigenvalue weighted by Crippen LogP contribution is -2.32. The van der Waals surface area contributed by atoms with Crippen LogP contribution in [0.1, 0.15) is 57.8 Å². The van der Waals surface area contributed by atoms with E-state index >= 15 is 0 Å². The van der Waals surface area contributed by atoms with Crippen LogP contribution in [0.4, 0.5) is 11.4 Å². The standard InChI is InChI=1S/C30H25ClN2O7/c1-3-4-17-39-29(37)20-7-13-23(14-8-20)33-27(35)25(31)26(28(33)36)32-22-11-5-21(6-12-22)30(38)40-24-15-9-19(10-16-24)18(2)34/h5-16,32H,3-4,17H2,1-2H3. The molecular formula is C30H25ClN2O7. The number of ketones is 1. The zero-order valence-electron chi connectivity index (χ0n) is 21.7. The summed E-state index contributed by atoms with van der Waals surface area (Å²) in [5, 5.41) is 2.54. The van der Waals surface area contributed by atoms with Gasteiger partial charge in [-0.05, 0) is 86.1 Å². The van der Waals surface area contributed by atoms with E-state index in [4.69, 9.17) is 21.1 Å². The number of carbonyl (C=O) groups excluding carboxylic acids is 5. The lowest BCUT2D eigenvalue weighted by atomic mass is 10.1. The molecule has 1 aliphatic heterocycles. The van der Waals surface area contributed by atoms with Gasteiger partial charge in [-0.15, -0.1) is 0 Å². The van der Waals surface area contributed by atoms with Crippen LogP contribution in [0.25, 0.3) is 0 Å². The molecule has 204 valence electrons. The number of anilines is 2. The minimum absolute atomic E-state index is 0.0978. The van der Waals surface area contributed by atoms with Gasteiger partial charge in [0.25, 0.3) is 11.8 Å². The Hall–Kier alpha value is -4.76. The van der Waals surface area contributed by atoms with Gasteiger partial charge in [0.05, 0.1) is 23.4 Å². The molecule has 0 saturated carbocycles. The van der Waals surface area contributed by atoms with Crippen LogP contribution in [-0.4, -0.2) is 36.1 Å². The highest BCUT2D eigenvalue weighted by Crippen LogP contribution is 2.30. The number of unbranched alkanes of at least 4 members (excludes halogenated alkanes) is 1. The fourth-order valence-electron chi connectivity index (χ4n) is 3.74. The molecule has 0 saturated heterocycles. The first-order valence-corrected chi connectivity index (χ1v) is 12.8. The van der Waals surface area contributed by atoms with Crippen molar-refractivity contribution < 1.29 is 33.4 Å². The second-order valence-corrected chi connectivity index (χ2v) is 9.22. The molecule has 0 spiro atoms. The van der Waals surface area contributed by atoms with E-state index in [9.17, 15) is 24.0 Å². The predicted molar refractivity (Wildman–Crippen MR) is 148 cm³/mol. The van der Waals surface area contributed by atoms with Crippen LogP contribution in [0.2, 0.25) is 0 Å². The summed E-state index contributed by atoms with van der Waals surface area (Å²) in [5.74, 6) is -2.31. The highest BCUT2D eigenvalue weighted by atomic mass is 35.5. The van der Waals surface area contributed by atoms with Gasteiger partial charge in [0, 0.05) is 11.3 Å². The number of nitrogens with zero attached hydrogens (tertiary/aromatic N) is 1. The van der Waals surface area contributed by atoms with E-state index < -0.39 is 23.8 Å². The third-order valence-corrected chi connectivity index (χ3v) is 6.33. The predicted octanol–water partition coefficient (Wildman–Crippen LogP) is 5.50. The zero-order valence-corrected chi connectivity index (χ0v) is 22.5. The summed E-state index contributed by atoms with van der Waals surface area (Å²) in [6, 6.07) is 18.1. The summed E-state index contributed by atoms with van der Waals surface area (Å²) in [6.07, 6.45) is 1.65. The number of carbonyl (C=O) groups is 5. The molecule has 0 fully saturated rings. The summed E-state index contributed by atoms with van der Waals surface area (Å²) >= 11 is 6.21. The first-order valence-electron chi connectivity index (χ1n) is 12.5. The molecule has 0 radical (unpaired) electrons. The number of imide groups is 1. The third-order valence-electron chi connectivity index (χ3n) is 5.98. The molecule has 40 heavy (non-hydrogen) atoms. The number of Topliss-reactive ketones (excluding diaryl/α,β-unsaturated/α-hetero) is 1. The molecule has 0 atom stereocenters. The molecule has 3 aromatic carbocycles. The van der Waals surface area contributed by atoms with E-state index in [1.54, 1.807) is 12.1 Å². The number of benzene rings is 3. The molecule has 2 amide bonds.